The van der Waals surface area contributed by atoms with Gasteiger partial charge in [-0.3, -0.25) is 33.6 Å². The number of carboxylic acid groups (broad SMARTS) is 1. The van der Waals surface area contributed by atoms with E-state index in [2.05, 4.69) is 41.9 Å². The number of carbonyl (C=O) groups is 7. The van der Waals surface area contributed by atoms with Crippen LogP contribution in [0, 0.1) is 5.92 Å². The van der Waals surface area contributed by atoms with Crippen molar-refractivity contribution in [3.05, 3.63) is 54.1 Å². The number of aromatic nitrogens is 2. The Hall–Kier alpha value is -5.32. The molecule has 284 valence electrons. The Morgan fingerprint density at radius 3 is 2.25 bits per heavy atom. The van der Waals surface area contributed by atoms with Crippen LogP contribution < -0.4 is 37.6 Å². The molecule has 0 saturated carbocycles. The molecule has 6 amide bonds. The summed E-state index contributed by atoms with van der Waals surface area (Å²) in [5.74, 6) is -5.46. The topological polar surface area (TPSA) is 267 Å². The van der Waals surface area contributed by atoms with Gasteiger partial charge in [-0.05, 0) is 50.5 Å². The highest BCUT2D eigenvalue weighted by Crippen LogP contribution is 2.13. The first-order valence-corrected chi connectivity index (χ1v) is 17.6. The minimum atomic E-state index is -1.42. The standard InChI is InChI=1S/C35H51N9O8/c1-4-20(2)29(35(52)42-25-12-8-9-15-38-32(25)49)44-33(50)26(13-14-28(45)46)41-34(51)27(17-23-18-37-19-39-23)43-30(47)21(3)40-31(48)24(36)16-22-10-6-5-7-11-22/h5-7,10-11,18-21,24-27,29H,4,8-9,12-17,36H2,1-3H3,(H,37,39)(H,38,49)(H,40,48)(H,41,51)(H,42,52)(H,43,47)(H,44,50)(H,45,46)/t20-,21-,24+,25-,26+,27-,29+/m0/s1. The van der Waals surface area contributed by atoms with E-state index in [0.717, 1.165) is 18.4 Å². The molecule has 17 nitrogen and oxygen atoms in total. The summed E-state index contributed by atoms with van der Waals surface area (Å²) in [5.41, 5.74) is 7.37. The number of carboxylic acids is 1. The van der Waals surface area contributed by atoms with Crippen LogP contribution in [0.15, 0.2) is 42.9 Å². The largest absolute Gasteiger partial charge is 0.481 e. The summed E-state index contributed by atoms with van der Waals surface area (Å²) in [6.45, 7) is 5.49. The summed E-state index contributed by atoms with van der Waals surface area (Å²) in [6, 6.07) is 2.47. The molecule has 1 aromatic carbocycles. The monoisotopic (exact) mass is 725 g/mol. The van der Waals surface area contributed by atoms with Gasteiger partial charge in [0.2, 0.25) is 35.4 Å². The highest BCUT2D eigenvalue weighted by atomic mass is 16.4. The van der Waals surface area contributed by atoms with Crippen LogP contribution in [0.4, 0.5) is 0 Å². The Morgan fingerprint density at radius 2 is 1.60 bits per heavy atom. The molecule has 2 aromatic rings. The van der Waals surface area contributed by atoms with Crippen molar-refractivity contribution < 1.29 is 38.7 Å². The molecule has 1 aliphatic rings. The molecule has 0 spiro atoms. The second-order valence-electron chi connectivity index (χ2n) is 13.1. The molecule has 1 fully saturated rings. The first kappa shape index (κ1) is 41.1. The van der Waals surface area contributed by atoms with E-state index in [1.165, 1.54) is 19.4 Å². The summed E-state index contributed by atoms with van der Waals surface area (Å²) < 4.78 is 0. The number of aromatic amines is 1. The maximum absolute atomic E-state index is 13.7. The summed E-state index contributed by atoms with van der Waals surface area (Å²) in [5, 5.41) is 25.2. The molecule has 7 atom stereocenters. The first-order valence-electron chi connectivity index (χ1n) is 17.6. The number of amides is 6. The number of H-pyrrole nitrogens is 1. The molecule has 17 heteroatoms. The quantitative estimate of drug-likeness (QED) is 0.0868. The van der Waals surface area contributed by atoms with Crippen LogP contribution in [-0.2, 0) is 46.4 Å². The van der Waals surface area contributed by atoms with Gasteiger partial charge < -0.3 is 47.7 Å². The molecule has 0 radical (unpaired) electrons. The third-order valence-corrected chi connectivity index (χ3v) is 8.92. The van der Waals surface area contributed by atoms with Gasteiger partial charge in [0.05, 0.1) is 12.4 Å². The van der Waals surface area contributed by atoms with Crippen molar-refractivity contribution in [1.82, 2.24) is 41.9 Å². The second-order valence-corrected chi connectivity index (χ2v) is 13.1. The molecule has 1 aliphatic heterocycles. The van der Waals surface area contributed by atoms with Gasteiger partial charge in [-0.15, -0.1) is 0 Å². The van der Waals surface area contributed by atoms with Crippen molar-refractivity contribution in [2.75, 3.05) is 6.54 Å². The zero-order valence-corrected chi connectivity index (χ0v) is 29.8. The minimum Gasteiger partial charge on any atom is -0.481 e. The van der Waals surface area contributed by atoms with Crippen LogP contribution in [-0.4, -0.2) is 99.3 Å². The Morgan fingerprint density at radius 1 is 0.904 bits per heavy atom. The molecule has 10 N–H and O–H groups in total. The van der Waals surface area contributed by atoms with Gasteiger partial charge in [0, 0.05) is 31.3 Å². The predicted molar refractivity (Wildman–Crippen MR) is 189 cm³/mol. The van der Waals surface area contributed by atoms with Crippen molar-refractivity contribution in [2.45, 2.75) is 108 Å². The number of carbonyl (C=O) groups excluding carboxylic acids is 6. The number of nitrogens with one attached hydrogen (secondary N) is 7. The molecule has 1 saturated heterocycles. The number of rotatable bonds is 19. The number of imidazole rings is 1. The van der Waals surface area contributed by atoms with E-state index in [1.807, 2.05) is 37.3 Å². The second kappa shape index (κ2) is 20.5. The Kier molecular flexibility index (Phi) is 16.2. The van der Waals surface area contributed by atoms with E-state index in [1.54, 1.807) is 6.92 Å². The molecule has 0 bridgehead atoms. The molecule has 1 aromatic heterocycles. The molecule has 0 aliphatic carbocycles. The van der Waals surface area contributed by atoms with Gasteiger partial charge in [-0.25, -0.2) is 4.98 Å². The van der Waals surface area contributed by atoms with Gasteiger partial charge in [-0.1, -0.05) is 50.6 Å². The van der Waals surface area contributed by atoms with Crippen molar-refractivity contribution in [3.8, 4) is 0 Å². The van der Waals surface area contributed by atoms with Crippen LogP contribution >= 0.6 is 0 Å². The number of nitrogens with two attached hydrogens (primary N) is 1. The Balaban J connectivity index is 1.74. The third kappa shape index (κ3) is 13.1. The highest BCUT2D eigenvalue weighted by molar-refractivity contribution is 5.97. The summed E-state index contributed by atoms with van der Waals surface area (Å²) in [4.78, 5) is 97.7. The lowest BCUT2D eigenvalue weighted by Crippen LogP contribution is -2.60. The molecule has 3 rings (SSSR count). The van der Waals surface area contributed by atoms with E-state index in [0.29, 0.717) is 25.1 Å². The number of benzene rings is 1. The summed E-state index contributed by atoms with van der Waals surface area (Å²) in [6.07, 6.45) is 4.54. The highest BCUT2D eigenvalue weighted by Gasteiger charge is 2.34. The van der Waals surface area contributed by atoms with Crippen LogP contribution in [0.2, 0.25) is 0 Å². The Labute approximate surface area is 302 Å². The smallest absolute Gasteiger partial charge is 0.303 e. The average molecular weight is 726 g/mol. The SMILES string of the molecule is CC[C@H](C)[C@@H](NC(=O)[C@@H](CCC(=O)O)NC(=O)[C@H](Cc1cnc[nH]1)NC(=O)[C@H](C)NC(=O)[C@H](N)Cc1ccccc1)C(=O)N[C@H]1CCCCNC1=O. The van der Waals surface area contributed by atoms with Crippen LogP contribution in [0.3, 0.4) is 0 Å². The zero-order chi connectivity index (χ0) is 38.2. The van der Waals surface area contributed by atoms with Crippen LogP contribution in [0.1, 0.15) is 70.6 Å². The van der Waals surface area contributed by atoms with Gasteiger partial charge in [0.1, 0.15) is 30.2 Å². The van der Waals surface area contributed by atoms with Gasteiger partial charge in [-0.2, -0.15) is 0 Å². The van der Waals surface area contributed by atoms with Crippen molar-refractivity contribution in [2.24, 2.45) is 11.7 Å². The fraction of sp³-hybridized carbons (Fsp3) is 0.543. The maximum atomic E-state index is 13.7. The summed E-state index contributed by atoms with van der Waals surface area (Å²) >= 11 is 0. The average Bonchev–Trinajstić information content (AvgIpc) is 3.55. The van der Waals surface area contributed by atoms with Gasteiger partial charge >= 0.3 is 5.97 Å². The number of hydrogen-bond donors (Lipinski definition) is 9. The third-order valence-electron chi connectivity index (χ3n) is 8.92. The molecular formula is C35H51N9O8. The van der Waals surface area contributed by atoms with Crippen molar-refractivity contribution >= 4 is 41.4 Å². The first-order chi connectivity index (χ1) is 24.8. The molecular weight excluding hydrogens is 674 g/mol. The number of nitrogens with zero attached hydrogens (tertiary/aromatic N) is 1. The van der Waals surface area contributed by atoms with Gasteiger partial charge in [0.25, 0.3) is 0 Å². The van der Waals surface area contributed by atoms with Crippen molar-refractivity contribution in [3.63, 3.8) is 0 Å². The van der Waals surface area contributed by atoms with Crippen LogP contribution in [0.25, 0.3) is 0 Å². The van der Waals surface area contributed by atoms with E-state index < -0.39 is 84.1 Å². The molecule has 2 heterocycles. The number of aliphatic carboxylic acids is 1. The molecule has 0 unspecified atom stereocenters. The van der Waals surface area contributed by atoms with E-state index in [9.17, 15) is 38.7 Å². The van der Waals surface area contributed by atoms with Gasteiger partial charge in [0.15, 0.2) is 0 Å². The lowest BCUT2D eigenvalue weighted by molar-refractivity contribution is -0.139. The van der Waals surface area contributed by atoms with E-state index in [-0.39, 0.29) is 25.2 Å². The molecule has 52 heavy (non-hydrogen) atoms. The van der Waals surface area contributed by atoms with E-state index in [4.69, 9.17) is 5.73 Å². The summed E-state index contributed by atoms with van der Waals surface area (Å²) in [7, 11) is 0. The lowest BCUT2D eigenvalue weighted by atomic mass is 9.96. The Bertz CT molecular complexity index is 1520. The zero-order valence-electron chi connectivity index (χ0n) is 29.8. The number of hydrogen-bond acceptors (Lipinski definition) is 9. The van der Waals surface area contributed by atoms with E-state index >= 15 is 0 Å². The van der Waals surface area contributed by atoms with Crippen LogP contribution in [0.5, 0.6) is 0 Å². The fourth-order valence-corrected chi connectivity index (χ4v) is 5.57. The minimum absolute atomic E-state index is 0.0968. The normalized spacial score (nSPS) is 17.8. The predicted octanol–water partition coefficient (Wildman–Crippen LogP) is -0.823. The maximum Gasteiger partial charge on any atom is 0.303 e. The fourth-order valence-electron chi connectivity index (χ4n) is 5.57. The van der Waals surface area contributed by atoms with Crippen molar-refractivity contribution in [1.29, 1.82) is 0 Å². The lowest BCUT2D eigenvalue weighted by Gasteiger charge is -2.29.